The molecule has 0 atom stereocenters. The molecule has 48 valence electrons. The third-order valence-corrected chi connectivity index (χ3v) is 1.96. The summed E-state index contributed by atoms with van der Waals surface area (Å²) in [6, 6.07) is 1.51. The summed E-state index contributed by atoms with van der Waals surface area (Å²) in [5.41, 5.74) is 0. The highest BCUT2D eigenvalue weighted by Crippen LogP contribution is 2.20. The van der Waals surface area contributed by atoms with Gasteiger partial charge >= 0.3 is 0 Å². The first-order chi connectivity index (χ1) is 4.20. The Hall–Kier alpha value is 0.140. The first kappa shape index (κ1) is 7.25. The smallest absolute Gasteiger partial charge is 0.140 e. The van der Waals surface area contributed by atoms with Crippen LogP contribution in [0.5, 0.6) is 0 Å². The Labute approximate surface area is 70.3 Å². The van der Waals surface area contributed by atoms with E-state index in [2.05, 4.69) is 26.1 Å². The van der Waals surface area contributed by atoms with Gasteiger partial charge in [0.15, 0.2) is 5.15 Å². The summed E-state index contributed by atoms with van der Waals surface area (Å²) >= 11 is 14.1. The fraction of sp³-hybridized carbons (Fsp3) is 0. The Morgan fingerprint density at radius 2 is 2.00 bits per heavy atom. The highest BCUT2D eigenvalue weighted by Gasteiger charge is 1.97. The maximum absolute atomic E-state index is 5.58. The molecule has 0 saturated carbocycles. The number of rotatable bonds is 0. The Morgan fingerprint density at radius 3 is 2.44 bits per heavy atom. The molecular formula is C4HBrCl2N2. The van der Waals surface area contributed by atoms with Crippen LogP contribution in [0.1, 0.15) is 0 Å². The molecule has 9 heavy (non-hydrogen) atoms. The van der Waals surface area contributed by atoms with Crippen LogP contribution in [0.15, 0.2) is 10.7 Å². The second-order valence-corrected chi connectivity index (χ2v) is 2.85. The van der Waals surface area contributed by atoms with Gasteiger partial charge in [0.25, 0.3) is 0 Å². The highest BCUT2D eigenvalue weighted by atomic mass is 79.9. The number of halogens is 3. The summed E-state index contributed by atoms with van der Waals surface area (Å²) in [4.78, 5) is 0. The van der Waals surface area contributed by atoms with Crippen molar-refractivity contribution in [1.82, 2.24) is 10.2 Å². The van der Waals surface area contributed by atoms with Gasteiger partial charge in [-0.1, -0.05) is 23.2 Å². The molecule has 0 radical (unpaired) electrons. The standard InChI is InChI=1S/C4HBrCl2N2/c5-4-2(6)1-3(7)8-9-4/h1H. The van der Waals surface area contributed by atoms with Crippen molar-refractivity contribution in [2.24, 2.45) is 0 Å². The largest absolute Gasteiger partial charge is 0.153 e. The van der Waals surface area contributed by atoms with Gasteiger partial charge < -0.3 is 0 Å². The van der Waals surface area contributed by atoms with Crippen LogP contribution in [0.3, 0.4) is 0 Å². The van der Waals surface area contributed by atoms with Crippen molar-refractivity contribution in [2.45, 2.75) is 0 Å². The zero-order valence-electron chi connectivity index (χ0n) is 4.11. The van der Waals surface area contributed by atoms with Gasteiger partial charge in [-0.15, -0.1) is 10.2 Å². The Balaban J connectivity index is 3.17. The third-order valence-electron chi connectivity index (χ3n) is 0.676. The molecule has 0 spiro atoms. The van der Waals surface area contributed by atoms with Crippen LogP contribution >= 0.6 is 39.1 Å². The van der Waals surface area contributed by atoms with Crippen molar-refractivity contribution < 1.29 is 0 Å². The SMILES string of the molecule is Clc1cc(Cl)c(Br)nn1. The van der Waals surface area contributed by atoms with Crippen LogP contribution in [0.25, 0.3) is 0 Å². The van der Waals surface area contributed by atoms with Gasteiger partial charge in [-0.2, -0.15) is 0 Å². The van der Waals surface area contributed by atoms with Crippen molar-refractivity contribution in [3.8, 4) is 0 Å². The van der Waals surface area contributed by atoms with E-state index < -0.39 is 0 Å². The maximum atomic E-state index is 5.58. The van der Waals surface area contributed by atoms with Crippen LogP contribution in [-0.4, -0.2) is 10.2 Å². The highest BCUT2D eigenvalue weighted by molar-refractivity contribution is 9.10. The van der Waals surface area contributed by atoms with Crippen molar-refractivity contribution in [1.29, 1.82) is 0 Å². The minimum atomic E-state index is 0.295. The van der Waals surface area contributed by atoms with Crippen LogP contribution < -0.4 is 0 Å². The number of nitrogens with zero attached hydrogens (tertiary/aromatic N) is 2. The molecule has 0 amide bonds. The summed E-state index contributed by atoms with van der Waals surface area (Å²) in [5, 5.41) is 7.87. The molecule has 0 aromatic carbocycles. The van der Waals surface area contributed by atoms with Crippen LogP contribution in [0.4, 0.5) is 0 Å². The van der Waals surface area contributed by atoms with Crippen LogP contribution in [0, 0.1) is 0 Å². The van der Waals surface area contributed by atoms with Crippen molar-refractivity contribution in [3.63, 3.8) is 0 Å². The van der Waals surface area contributed by atoms with Gasteiger partial charge in [-0.25, -0.2) is 0 Å². The van der Waals surface area contributed by atoms with Gasteiger partial charge in [0.1, 0.15) is 4.60 Å². The number of aromatic nitrogens is 2. The molecule has 0 aliphatic carbocycles. The normalized spacial score (nSPS) is 9.67. The van der Waals surface area contributed by atoms with Gasteiger partial charge in [0.05, 0.1) is 5.02 Å². The summed E-state index contributed by atoms with van der Waals surface area (Å²) in [5.74, 6) is 0. The van der Waals surface area contributed by atoms with Gasteiger partial charge in [0.2, 0.25) is 0 Å². The molecule has 0 unspecified atom stereocenters. The lowest BCUT2D eigenvalue weighted by Gasteiger charge is -1.90. The number of hydrogen-bond acceptors (Lipinski definition) is 2. The molecule has 1 heterocycles. The second-order valence-electron chi connectivity index (χ2n) is 1.31. The minimum Gasteiger partial charge on any atom is -0.140 e. The Morgan fingerprint density at radius 1 is 1.33 bits per heavy atom. The first-order valence-electron chi connectivity index (χ1n) is 2.04. The van der Waals surface area contributed by atoms with E-state index in [1.165, 1.54) is 6.07 Å². The Bertz CT molecular complexity index is 228. The van der Waals surface area contributed by atoms with E-state index in [1.807, 2.05) is 0 Å². The van der Waals surface area contributed by atoms with Gasteiger partial charge in [0, 0.05) is 0 Å². The lowest BCUT2D eigenvalue weighted by atomic mass is 10.6. The zero-order valence-corrected chi connectivity index (χ0v) is 7.20. The average Bonchev–Trinajstić information content (AvgIpc) is 1.80. The van der Waals surface area contributed by atoms with Crippen molar-refractivity contribution in [2.75, 3.05) is 0 Å². The fourth-order valence-corrected chi connectivity index (χ4v) is 0.870. The van der Waals surface area contributed by atoms with E-state index in [0.717, 1.165) is 0 Å². The van der Waals surface area contributed by atoms with Crippen LogP contribution in [-0.2, 0) is 0 Å². The molecule has 0 aliphatic rings. The molecule has 0 saturated heterocycles. The van der Waals surface area contributed by atoms with E-state index in [9.17, 15) is 0 Å². The zero-order chi connectivity index (χ0) is 6.85. The first-order valence-corrected chi connectivity index (χ1v) is 3.59. The fourth-order valence-electron chi connectivity index (χ4n) is 0.332. The Kier molecular flexibility index (Phi) is 2.27. The molecule has 0 bridgehead atoms. The molecular weight excluding hydrogens is 227 g/mol. The molecule has 0 N–H and O–H groups in total. The molecule has 1 rings (SSSR count). The third kappa shape index (κ3) is 1.78. The van der Waals surface area contributed by atoms with E-state index in [-0.39, 0.29) is 0 Å². The molecule has 5 heteroatoms. The predicted octanol–water partition coefficient (Wildman–Crippen LogP) is 2.55. The summed E-state index contributed by atoms with van der Waals surface area (Å²) < 4.78 is 0.508. The summed E-state index contributed by atoms with van der Waals surface area (Å²) in [6.07, 6.45) is 0. The summed E-state index contributed by atoms with van der Waals surface area (Å²) in [7, 11) is 0. The lowest BCUT2D eigenvalue weighted by molar-refractivity contribution is 1.01. The van der Waals surface area contributed by atoms with E-state index >= 15 is 0 Å². The van der Waals surface area contributed by atoms with E-state index in [0.29, 0.717) is 14.8 Å². The monoisotopic (exact) mass is 226 g/mol. The summed E-state index contributed by atoms with van der Waals surface area (Å²) in [6.45, 7) is 0. The van der Waals surface area contributed by atoms with Gasteiger partial charge in [-0.3, -0.25) is 0 Å². The van der Waals surface area contributed by atoms with Crippen molar-refractivity contribution in [3.05, 3.63) is 20.8 Å². The topological polar surface area (TPSA) is 25.8 Å². The molecule has 1 aromatic rings. The van der Waals surface area contributed by atoms with Gasteiger partial charge in [-0.05, 0) is 22.0 Å². The van der Waals surface area contributed by atoms with Crippen molar-refractivity contribution >= 4 is 39.1 Å². The molecule has 0 fully saturated rings. The quantitative estimate of drug-likeness (QED) is 0.681. The minimum absolute atomic E-state index is 0.295. The van der Waals surface area contributed by atoms with Crippen LogP contribution in [0.2, 0.25) is 10.2 Å². The lowest BCUT2D eigenvalue weighted by Crippen LogP contribution is -1.82. The van der Waals surface area contributed by atoms with E-state index in [1.54, 1.807) is 0 Å². The van der Waals surface area contributed by atoms with E-state index in [4.69, 9.17) is 23.2 Å². The molecule has 0 aliphatic heterocycles. The maximum Gasteiger partial charge on any atom is 0.153 e. The molecule has 2 nitrogen and oxygen atoms in total. The predicted molar refractivity (Wildman–Crippen MR) is 39.8 cm³/mol. The average molecular weight is 228 g/mol. The second kappa shape index (κ2) is 2.82. The number of hydrogen-bond donors (Lipinski definition) is 0. The molecule has 1 aromatic heterocycles.